The fraction of sp³-hybridized carbons (Fsp3) is 0.538. The molecule has 1 aromatic carbocycles. The van der Waals surface area contributed by atoms with E-state index < -0.39 is 0 Å². The summed E-state index contributed by atoms with van der Waals surface area (Å²) in [7, 11) is 1.71. The molecule has 1 unspecified atom stereocenters. The second-order valence-electron chi connectivity index (χ2n) is 4.10. The van der Waals surface area contributed by atoms with E-state index in [4.69, 9.17) is 9.47 Å². The van der Waals surface area contributed by atoms with Crippen molar-refractivity contribution >= 4 is 15.9 Å². The molecule has 1 saturated heterocycles. The molecule has 0 radical (unpaired) electrons. The van der Waals surface area contributed by atoms with E-state index in [-0.39, 0.29) is 6.10 Å². The van der Waals surface area contributed by atoms with E-state index in [9.17, 15) is 0 Å². The molecule has 1 fully saturated rings. The molecule has 0 spiro atoms. The van der Waals surface area contributed by atoms with Gasteiger partial charge in [0.1, 0.15) is 5.75 Å². The van der Waals surface area contributed by atoms with Gasteiger partial charge >= 0.3 is 0 Å². The van der Waals surface area contributed by atoms with Crippen LogP contribution in [0, 0.1) is 0 Å². The first-order valence-corrected chi connectivity index (χ1v) is 6.74. The molecule has 2 rings (SSSR count). The van der Waals surface area contributed by atoms with Crippen molar-refractivity contribution in [3.05, 3.63) is 27.7 Å². The van der Waals surface area contributed by atoms with Crippen LogP contribution in [0.15, 0.2) is 16.6 Å². The number of methoxy groups -OCH3 is 1. The van der Waals surface area contributed by atoms with Crippen LogP contribution < -0.4 is 10.1 Å². The van der Waals surface area contributed by atoms with Crippen molar-refractivity contribution in [3.8, 4) is 5.75 Å². The van der Waals surface area contributed by atoms with E-state index in [2.05, 4.69) is 40.3 Å². The molecule has 0 saturated carbocycles. The quantitative estimate of drug-likeness (QED) is 0.931. The Kier molecular flexibility index (Phi) is 4.42. The average molecular weight is 300 g/mol. The molecule has 1 aliphatic heterocycles. The molecular weight excluding hydrogens is 282 g/mol. The van der Waals surface area contributed by atoms with E-state index in [0.717, 1.165) is 41.9 Å². The van der Waals surface area contributed by atoms with Gasteiger partial charge in [-0.15, -0.1) is 0 Å². The van der Waals surface area contributed by atoms with Crippen LogP contribution in [0.3, 0.4) is 0 Å². The van der Waals surface area contributed by atoms with Crippen molar-refractivity contribution in [1.82, 2.24) is 5.32 Å². The molecule has 4 heteroatoms. The van der Waals surface area contributed by atoms with E-state index >= 15 is 0 Å². The first-order chi connectivity index (χ1) is 8.26. The summed E-state index contributed by atoms with van der Waals surface area (Å²) in [5, 5.41) is 3.34. The van der Waals surface area contributed by atoms with Crippen LogP contribution in [-0.2, 0) is 11.2 Å². The van der Waals surface area contributed by atoms with Gasteiger partial charge in [-0.25, -0.2) is 0 Å². The molecule has 0 aliphatic carbocycles. The summed E-state index contributed by atoms with van der Waals surface area (Å²) in [4.78, 5) is 0. The Morgan fingerprint density at radius 2 is 2.35 bits per heavy atom. The highest BCUT2D eigenvalue weighted by Crippen LogP contribution is 2.32. The SMILES string of the molecule is CCc1c(Br)cc(C2CNCCO2)cc1OC. The fourth-order valence-corrected chi connectivity index (χ4v) is 2.86. The van der Waals surface area contributed by atoms with Crippen molar-refractivity contribution in [3.63, 3.8) is 0 Å². The van der Waals surface area contributed by atoms with Gasteiger partial charge in [-0.2, -0.15) is 0 Å². The van der Waals surface area contributed by atoms with Gasteiger partial charge in [0.2, 0.25) is 0 Å². The lowest BCUT2D eigenvalue weighted by molar-refractivity contribution is 0.0275. The smallest absolute Gasteiger partial charge is 0.123 e. The number of nitrogens with one attached hydrogen (secondary N) is 1. The molecule has 94 valence electrons. The zero-order valence-corrected chi connectivity index (χ0v) is 11.8. The standard InChI is InChI=1S/C13H18BrNO2/c1-3-10-11(14)6-9(7-12(10)16-2)13-8-15-4-5-17-13/h6-7,13,15H,3-5,8H2,1-2H3. The number of rotatable bonds is 3. The molecule has 1 aromatic rings. The van der Waals surface area contributed by atoms with Crippen molar-refractivity contribution in [2.45, 2.75) is 19.4 Å². The molecule has 1 N–H and O–H groups in total. The van der Waals surface area contributed by atoms with Gasteiger partial charge in [0.15, 0.2) is 0 Å². The van der Waals surface area contributed by atoms with Crippen molar-refractivity contribution in [1.29, 1.82) is 0 Å². The maximum atomic E-state index is 5.75. The Labute approximate surface area is 111 Å². The van der Waals surface area contributed by atoms with Crippen LogP contribution in [0.2, 0.25) is 0 Å². The zero-order chi connectivity index (χ0) is 12.3. The highest BCUT2D eigenvalue weighted by atomic mass is 79.9. The van der Waals surface area contributed by atoms with Gasteiger partial charge in [0.05, 0.1) is 19.8 Å². The highest BCUT2D eigenvalue weighted by molar-refractivity contribution is 9.10. The largest absolute Gasteiger partial charge is 0.496 e. The van der Waals surface area contributed by atoms with Crippen LogP contribution in [0.25, 0.3) is 0 Å². The third-order valence-corrected chi connectivity index (χ3v) is 3.76. The number of ether oxygens (including phenoxy) is 2. The zero-order valence-electron chi connectivity index (χ0n) is 10.3. The predicted octanol–water partition coefficient (Wildman–Crippen LogP) is 2.68. The van der Waals surface area contributed by atoms with Crippen LogP contribution in [0.1, 0.15) is 24.2 Å². The van der Waals surface area contributed by atoms with E-state index in [1.165, 1.54) is 5.56 Å². The summed E-state index contributed by atoms with van der Waals surface area (Å²) < 4.78 is 12.3. The maximum Gasteiger partial charge on any atom is 0.123 e. The Balaban J connectivity index is 2.31. The van der Waals surface area contributed by atoms with Crippen molar-refractivity contribution < 1.29 is 9.47 Å². The summed E-state index contributed by atoms with van der Waals surface area (Å²) in [6.07, 6.45) is 1.08. The molecule has 0 amide bonds. The lowest BCUT2D eigenvalue weighted by Crippen LogP contribution is -2.33. The van der Waals surface area contributed by atoms with Gasteiger partial charge in [0.25, 0.3) is 0 Å². The van der Waals surface area contributed by atoms with Gasteiger partial charge in [-0.3, -0.25) is 0 Å². The summed E-state index contributed by atoms with van der Waals surface area (Å²) in [5.74, 6) is 0.936. The number of morpholine rings is 1. The van der Waals surface area contributed by atoms with E-state index in [1.54, 1.807) is 7.11 Å². The summed E-state index contributed by atoms with van der Waals surface area (Å²) >= 11 is 3.61. The molecule has 1 aliphatic rings. The van der Waals surface area contributed by atoms with Crippen LogP contribution in [0.4, 0.5) is 0 Å². The molecule has 0 bridgehead atoms. The Bertz CT molecular complexity index is 389. The van der Waals surface area contributed by atoms with Crippen LogP contribution in [-0.4, -0.2) is 26.8 Å². The number of halogens is 1. The van der Waals surface area contributed by atoms with Crippen molar-refractivity contribution in [2.24, 2.45) is 0 Å². The van der Waals surface area contributed by atoms with Gasteiger partial charge < -0.3 is 14.8 Å². The first kappa shape index (κ1) is 12.9. The second kappa shape index (κ2) is 5.85. The normalized spacial score (nSPS) is 20.3. The highest BCUT2D eigenvalue weighted by Gasteiger charge is 2.18. The van der Waals surface area contributed by atoms with Crippen LogP contribution >= 0.6 is 15.9 Å². The lowest BCUT2D eigenvalue weighted by Gasteiger charge is -2.25. The third-order valence-electron chi connectivity index (χ3n) is 3.05. The molecular formula is C13H18BrNO2. The molecule has 3 nitrogen and oxygen atoms in total. The minimum atomic E-state index is 0.125. The van der Waals surface area contributed by atoms with E-state index in [0.29, 0.717) is 0 Å². The summed E-state index contributed by atoms with van der Waals surface area (Å²) in [6.45, 7) is 4.68. The Morgan fingerprint density at radius 1 is 1.53 bits per heavy atom. The van der Waals surface area contributed by atoms with Crippen LogP contribution in [0.5, 0.6) is 5.75 Å². The predicted molar refractivity (Wildman–Crippen MR) is 71.6 cm³/mol. The Morgan fingerprint density at radius 3 is 2.94 bits per heavy atom. The lowest BCUT2D eigenvalue weighted by atomic mass is 10.0. The van der Waals surface area contributed by atoms with Crippen molar-refractivity contribution in [2.75, 3.05) is 26.8 Å². The summed E-state index contributed by atoms with van der Waals surface area (Å²) in [6, 6.07) is 4.22. The fourth-order valence-electron chi connectivity index (χ4n) is 2.12. The molecule has 1 heterocycles. The molecule has 1 atom stereocenters. The third kappa shape index (κ3) is 2.81. The van der Waals surface area contributed by atoms with Gasteiger partial charge in [-0.05, 0) is 24.1 Å². The Hall–Kier alpha value is -0.580. The molecule has 17 heavy (non-hydrogen) atoms. The average Bonchev–Trinajstić information content (AvgIpc) is 2.38. The number of benzene rings is 1. The number of hydrogen-bond donors (Lipinski definition) is 1. The molecule has 0 aromatic heterocycles. The number of hydrogen-bond acceptors (Lipinski definition) is 3. The first-order valence-electron chi connectivity index (χ1n) is 5.95. The maximum absolute atomic E-state index is 5.75. The topological polar surface area (TPSA) is 30.5 Å². The minimum absolute atomic E-state index is 0.125. The van der Waals surface area contributed by atoms with Gasteiger partial charge in [-0.1, -0.05) is 22.9 Å². The monoisotopic (exact) mass is 299 g/mol. The van der Waals surface area contributed by atoms with E-state index in [1.807, 2.05) is 0 Å². The minimum Gasteiger partial charge on any atom is -0.496 e. The van der Waals surface area contributed by atoms with Gasteiger partial charge in [0, 0.05) is 23.1 Å². The second-order valence-corrected chi connectivity index (χ2v) is 4.95. The summed E-state index contributed by atoms with van der Waals surface area (Å²) in [5.41, 5.74) is 2.37.